The Morgan fingerprint density at radius 3 is 2.88 bits per heavy atom. The highest BCUT2D eigenvalue weighted by atomic mass is 32.2. The molecule has 1 unspecified atom stereocenters. The first kappa shape index (κ1) is 12.7. The van der Waals surface area contributed by atoms with Crippen LogP contribution in [0.15, 0.2) is 18.2 Å². The summed E-state index contributed by atoms with van der Waals surface area (Å²) in [7, 11) is 0.410. The lowest BCUT2D eigenvalue weighted by Crippen LogP contribution is -2.04. The number of nitriles is 1. The van der Waals surface area contributed by atoms with Gasteiger partial charge in [0.2, 0.25) is 0 Å². The Morgan fingerprint density at radius 1 is 1.56 bits per heavy atom. The lowest BCUT2D eigenvalue weighted by atomic mass is 10.1. The molecule has 0 aliphatic heterocycles. The molecule has 0 saturated heterocycles. The highest BCUT2D eigenvalue weighted by molar-refractivity contribution is 7.84. The molecule has 0 fully saturated rings. The van der Waals surface area contributed by atoms with Gasteiger partial charge in [-0.25, -0.2) is 0 Å². The van der Waals surface area contributed by atoms with E-state index in [1.807, 2.05) is 6.07 Å². The standard InChI is InChI=1S/C11H13NO3S/c1-15-11-3-2-9(6-10(11)7-12)8-16(14)5-4-13/h2-3,6,13H,4-5,8H2,1H3. The molecule has 0 aromatic heterocycles. The molecule has 0 aliphatic carbocycles. The monoisotopic (exact) mass is 239 g/mol. The molecule has 16 heavy (non-hydrogen) atoms. The number of aliphatic hydroxyl groups is 1. The second kappa shape index (κ2) is 6.26. The van der Waals surface area contributed by atoms with Crippen LogP contribution in [-0.2, 0) is 16.6 Å². The molecule has 5 heteroatoms. The van der Waals surface area contributed by atoms with E-state index in [-0.39, 0.29) is 12.4 Å². The Balaban J connectivity index is 2.84. The van der Waals surface area contributed by atoms with E-state index in [2.05, 4.69) is 0 Å². The molecule has 1 aromatic carbocycles. The van der Waals surface area contributed by atoms with Crippen molar-refractivity contribution in [2.45, 2.75) is 5.75 Å². The number of methoxy groups -OCH3 is 1. The van der Waals surface area contributed by atoms with E-state index < -0.39 is 10.8 Å². The van der Waals surface area contributed by atoms with Crippen LogP contribution >= 0.6 is 0 Å². The molecule has 0 saturated carbocycles. The lowest BCUT2D eigenvalue weighted by Gasteiger charge is -2.05. The van der Waals surface area contributed by atoms with Crippen LogP contribution in [0.4, 0.5) is 0 Å². The maximum atomic E-state index is 11.4. The third kappa shape index (κ3) is 3.33. The van der Waals surface area contributed by atoms with Gasteiger partial charge < -0.3 is 9.84 Å². The Bertz CT molecular complexity index is 426. The molecule has 1 atom stereocenters. The Morgan fingerprint density at radius 2 is 2.31 bits per heavy atom. The zero-order chi connectivity index (χ0) is 12.0. The largest absolute Gasteiger partial charge is 0.495 e. The molecular formula is C11H13NO3S. The van der Waals surface area contributed by atoms with Crippen molar-refractivity contribution in [2.24, 2.45) is 0 Å². The number of nitrogens with zero attached hydrogens (tertiary/aromatic N) is 1. The van der Waals surface area contributed by atoms with Crippen molar-refractivity contribution in [3.05, 3.63) is 29.3 Å². The summed E-state index contributed by atoms with van der Waals surface area (Å²) in [6.45, 7) is -0.0894. The van der Waals surface area contributed by atoms with Gasteiger partial charge in [-0.05, 0) is 17.7 Å². The quantitative estimate of drug-likeness (QED) is 0.825. The number of rotatable bonds is 5. The SMILES string of the molecule is COc1ccc(CS(=O)CCO)cc1C#N. The molecule has 0 bridgehead atoms. The van der Waals surface area contributed by atoms with Gasteiger partial charge in [-0.15, -0.1) is 0 Å². The average molecular weight is 239 g/mol. The van der Waals surface area contributed by atoms with Crippen LogP contribution in [-0.4, -0.2) is 28.8 Å². The van der Waals surface area contributed by atoms with Crippen LogP contribution < -0.4 is 4.74 Å². The van der Waals surface area contributed by atoms with Crippen LogP contribution in [0, 0.1) is 11.3 Å². The Labute approximate surface area is 96.9 Å². The maximum absolute atomic E-state index is 11.4. The summed E-state index contributed by atoms with van der Waals surface area (Å²) in [4.78, 5) is 0. The van der Waals surface area contributed by atoms with Crippen molar-refractivity contribution in [3.63, 3.8) is 0 Å². The van der Waals surface area contributed by atoms with E-state index in [1.54, 1.807) is 18.2 Å². The molecule has 1 rings (SSSR count). The Hall–Kier alpha value is -1.38. The number of benzene rings is 1. The smallest absolute Gasteiger partial charge is 0.136 e. The summed E-state index contributed by atoms with van der Waals surface area (Å²) >= 11 is 0. The van der Waals surface area contributed by atoms with Crippen LogP contribution in [0.5, 0.6) is 5.75 Å². The average Bonchev–Trinajstić information content (AvgIpc) is 2.29. The third-order valence-corrected chi connectivity index (χ3v) is 3.32. The van der Waals surface area contributed by atoms with Gasteiger partial charge in [-0.3, -0.25) is 4.21 Å². The molecule has 86 valence electrons. The molecular weight excluding hydrogens is 226 g/mol. The fourth-order valence-electron chi connectivity index (χ4n) is 1.29. The zero-order valence-electron chi connectivity index (χ0n) is 8.97. The van der Waals surface area contributed by atoms with Gasteiger partial charge in [0.15, 0.2) is 0 Å². The van der Waals surface area contributed by atoms with Crippen LogP contribution in [0.2, 0.25) is 0 Å². The highest BCUT2D eigenvalue weighted by Crippen LogP contribution is 2.19. The van der Waals surface area contributed by atoms with Gasteiger partial charge in [-0.2, -0.15) is 5.26 Å². The second-order valence-corrected chi connectivity index (χ2v) is 4.73. The van der Waals surface area contributed by atoms with Crippen molar-refractivity contribution >= 4 is 10.8 Å². The zero-order valence-corrected chi connectivity index (χ0v) is 9.79. The first-order valence-corrected chi connectivity index (χ1v) is 6.23. The van der Waals surface area contributed by atoms with Gasteiger partial charge in [0.1, 0.15) is 11.8 Å². The first-order chi connectivity index (χ1) is 7.71. The van der Waals surface area contributed by atoms with E-state index in [0.29, 0.717) is 17.1 Å². The van der Waals surface area contributed by atoms with Gasteiger partial charge in [0.05, 0.1) is 19.3 Å². The fraction of sp³-hybridized carbons (Fsp3) is 0.364. The van der Waals surface area contributed by atoms with E-state index in [1.165, 1.54) is 7.11 Å². The van der Waals surface area contributed by atoms with Gasteiger partial charge in [0, 0.05) is 22.3 Å². The predicted molar refractivity (Wildman–Crippen MR) is 61.5 cm³/mol. The van der Waals surface area contributed by atoms with Crippen molar-refractivity contribution in [3.8, 4) is 11.8 Å². The summed E-state index contributed by atoms with van der Waals surface area (Å²) in [6.07, 6.45) is 0. The summed E-state index contributed by atoms with van der Waals surface area (Å²) in [5.41, 5.74) is 1.24. The van der Waals surface area contributed by atoms with E-state index in [9.17, 15) is 4.21 Å². The molecule has 0 aliphatic rings. The van der Waals surface area contributed by atoms with Gasteiger partial charge in [0.25, 0.3) is 0 Å². The number of aliphatic hydroxyl groups excluding tert-OH is 1. The number of hydrogen-bond acceptors (Lipinski definition) is 4. The molecule has 1 aromatic rings. The van der Waals surface area contributed by atoms with E-state index in [0.717, 1.165) is 5.56 Å². The van der Waals surface area contributed by atoms with Crippen LogP contribution in [0.1, 0.15) is 11.1 Å². The third-order valence-electron chi connectivity index (χ3n) is 2.03. The number of hydrogen-bond donors (Lipinski definition) is 1. The second-order valence-electron chi connectivity index (χ2n) is 3.16. The Kier molecular flexibility index (Phi) is 4.96. The highest BCUT2D eigenvalue weighted by Gasteiger charge is 2.06. The van der Waals surface area contributed by atoms with Crippen molar-refractivity contribution < 1.29 is 14.1 Å². The maximum Gasteiger partial charge on any atom is 0.136 e. The predicted octanol–water partition coefficient (Wildman–Crippen LogP) is 0.808. The van der Waals surface area contributed by atoms with Crippen molar-refractivity contribution in [1.29, 1.82) is 5.26 Å². The molecule has 0 radical (unpaired) electrons. The summed E-state index contributed by atoms with van der Waals surface area (Å²) in [5.74, 6) is 1.12. The summed E-state index contributed by atoms with van der Waals surface area (Å²) in [6, 6.07) is 7.14. The minimum atomic E-state index is -1.09. The lowest BCUT2D eigenvalue weighted by molar-refractivity contribution is 0.321. The normalized spacial score (nSPS) is 11.8. The molecule has 4 nitrogen and oxygen atoms in total. The molecule has 0 heterocycles. The molecule has 0 spiro atoms. The van der Waals surface area contributed by atoms with Gasteiger partial charge in [-0.1, -0.05) is 6.07 Å². The van der Waals surface area contributed by atoms with Gasteiger partial charge >= 0.3 is 0 Å². The van der Waals surface area contributed by atoms with Crippen molar-refractivity contribution in [1.82, 2.24) is 0 Å². The molecule has 0 amide bonds. The van der Waals surface area contributed by atoms with Crippen molar-refractivity contribution in [2.75, 3.05) is 19.5 Å². The van der Waals surface area contributed by atoms with E-state index in [4.69, 9.17) is 15.1 Å². The number of ether oxygens (including phenoxy) is 1. The van der Waals surface area contributed by atoms with Crippen LogP contribution in [0.3, 0.4) is 0 Å². The summed E-state index contributed by atoms with van der Waals surface area (Å²) in [5, 5.41) is 17.5. The molecule has 1 N–H and O–H groups in total. The minimum Gasteiger partial charge on any atom is -0.495 e. The summed E-state index contributed by atoms with van der Waals surface area (Å²) < 4.78 is 16.4. The minimum absolute atomic E-state index is 0.0894. The van der Waals surface area contributed by atoms with Crippen LogP contribution in [0.25, 0.3) is 0 Å². The first-order valence-electron chi connectivity index (χ1n) is 4.74. The topological polar surface area (TPSA) is 70.3 Å². The fourth-order valence-corrected chi connectivity index (χ4v) is 2.19. The van der Waals surface area contributed by atoms with E-state index >= 15 is 0 Å².